The van der Waals surface area contributed by atoms with Gasteiger partial charge in [-0.1, -0.05) is 19.3 Å². The number of amides is 1. The van der Waals surface area contributed by atoms with Crippen LogP contribution in [0.5, 0.6) is 0 Å². The van der Waals surface area contributed by atoms with Crippen LogP contribution in [-0.4, -0.2) is 42.0 Å². The molecule has 5 heteroatoms. The van der Waals surface area contributed by atoms with E-state index in [1.165, 1.54) is 6.42 Å². The molecule has 0 unspecified atom stereocenters. The average Bonchev–Trinajstić information content (AvgIpc) is 2.39. The summed E-state index contributed by atoms with van der Waals surface area (Å²) >= 11 is 0. The van der Waals surface area contributed by atoms with Gasteiger partial charge in [-0.25, -0.2) is 0 Å². The Morgan fingerprint density at radius 3 is 2.42 bits per heavy atom. The first-order valence-electron chi connectivity index (χ1n) is 7.15. The van der Waals surface area contributed by atoms with Gasteiger partial charge in [0.25, 0.3) is 0 Å². The number of rotatable bonds is 7. The third kappa shape index (κ3) is 5.19. The highest BCUT2D eigenvalue weighted by molar-refractivity contribution is 5.76. The smallest absolute Gasteiger partial charge is 0.303 e. The molecule has 1 aliphatic carbocycles. The number of nitrogens with two attached hydrogens (primary N) is 1. The summed E-state index contributed by atoms with van der Waals surface area (Å²) in [6, 6.07) is 0. The van der Waals surface area contributed by atoms with Gasteiger partial charge in [0, 0.05) is 26.4 Å². The quantitative estimate of drug-likeness (QED) is 0.736. The van der Waals surface area contributed by atoms with Gasteiger partial charge in [-0.2, -0.15) is 0 Å². The topological polar surface area (TPSA) is 83.6 Å². The van der Waals surface area contributed by atoms with E-state index in [0.717, 1.165) is 25.7 Å². The van der Waals surface area contributed by atoms with Crippen molar-refractivity contribution in [3.8, 4) is 0 Å². The number of carbonyl (C=O) groups excluding carboxylic acids is 1. The maximum absolute atomic E-state index is 12.2. The summed E-state index contributed by atoms with van der Waals surface area (Å²) in [5.74, 6) is -0.718. The monoisotopic (exact) mass is 270 g/mol. The van der Waals surface area contributed by atoms with Crippen LogP contribution in [0, 0.1) is 5.41 Å². The molecule has 0 saturated heterocycles. The molecular weight excluding hydrogens is 244 g/mol. The highest BCUT2D eigenvalue weighted by Gasteiger charge is 2.33. The molecular formula is C14H26N2O3. The lowest BCUT2D eigenvalue weighted by molar-refractivity contribution is -0.138. The minimum Gasteiger partial charge on any atom is -0.481 e. The van der Waals surface area contributed by atoms with E-state index in [2.05, 4.69) is 0 Å². The first-order valence-corrected chi connectivity index (χ1v) is 7.15. The molecule has 1 fully saturated rings. The number of hydrogen-bond acceptors (Lipinski definition) is 3. The Labute approximate surface area is 115 Å². The van der Waals surface area contributed by atoms with Crippen LogP contribution in [0.4, 0.5) is 0 Å². The molecule has 1 aliphatic rings. The van der Waals surface area contributed by atoms with Gasteiger partial charge in [0.15, 0.2) is 0 Å². The molecule has 0 atom stereocenters. The molecule has 3 N–H and O–H groups in total. The Bertz CT molecular complexity index is 312. The van der Waals surface area contributed by atoms with E-state index in [9.17, 15) is 9.59 Å². The molecule has 0 aromatic heterocycles. The molecule has 110 valence electrons. The van der Waals surface area contributed by atoms with Crippen molar-refractivity contribution in [1.29, 1.82) is 0 Å². The van der Waals surface area contributed by atoms with Gasteiger partial charge in [-0.3, -0.25) is 9.59 Å². The van der Waals surface area contributed by atoms with Gasteiger partial charge in [0.1, 0.15) is 0 Å². The van der Waals surface area contributed by atoms with Gasteiger partial charge in [-0.05, 0) is 31.2 Å². The molecule has 19 heavy (non-hydrogen) atoms. The molecule has 1 saturated carbocycles. The first-order chi connectivity index (χ1) is 8.99. The third-order valence-corrected chi connectivity index (χ3v) is 4.18. The zero-order chi connectivity index (χ0) is 14.3. The van der Waals surface area contributed by atoms with Crippen molar-refractivity contribution in [3.63, 3.8) is 0 Å². The van der Waals surface area contributed by atoms with E-state index in [1.807, 2.05) is 0 Å². The number of hydrogen-bond donors (Lipinski definition) is 2. The van der Waals surface area contributed by atoms with Crippen molar-refractivity contribution in [2.75, 3.05) is 20.1 Å². The Morgan fingerprint density at radius 2 is 1.89 bits per heavy atom. The summed E-state index contributed by atoms with van der Waals surface area (Å²) in [5, 5.41) is 8.59. The molecule has 0 aromatic carbocycles. The maximum atomic E-state index is 12.2. The molecule has 1 rings (SSSR count). The second kappa shape index (κ2) is 7.48. The van der Waals surface area contributed by atoms with Gasteiger partial charge in [0.2, 0.25) is 5.91 Å². The standard InChI is InChI=1S/C14H26N2O3/c1-16(9-5-6-13(18)19)12(17)10-14(11-15)7-3-2-4-8-14/h2-11,15H2,1H3,(H,18,19). The van der Waals surface area contributed by atoms with E-state index in [-0.39, 0.29) is 17.7 Å². The van der Waals surface area contributed by atoms with Gasteiger partial charge in [-0.15, -0.1) is 0 Å². The minimum atomic E-state index is -0.813. The molecule has 0 heterocycles. The lowest BCUT2D eigenvalue weighted by atomic mass is 9.71. The van der Waals surface area contributed by atoms with Crippen LogP contribution < -0.4 is 5.73 Å². The molecule has 1 amide bonds. The van der Waals surface area contributed by atoms with E-state index in [1.54, 1.807) is 11.9 Å². The number of nitrogens with zero attached hydrogens (tertiary/aromatic N) is 1. The largest absolute Gasteiger partial charge is 0.481 e. The maximum Gasteiger partial charge on any atom is 0.303 e. The lowest BCUT2D eigenvalue weighted by Crippen LogP contribution is -2.39. The SMILES string of the molecule is CN(CCCC(=O)O)C(=O)CC1(CN)CCCCC1. The predicted octanol–water partition coefficient (Wildman–Crippen LogP) is 1.61. The molecule has 5 nitrogen and oxygen atoms in total. The molecule has 0 spiro atoms. The van der Waals surface area contributed by atoms with E-state index < -0.39 is 5.97 Å². The minimum absolute atomic E-state index is 0.0175. The average molecular weight is 270 g/mol. The highest BCUT2D eigenvalue weighted by Crippen LogP contribution is 2.38. The number of carboxylic acid groups (broad SMARTS) is 1. The zero-order valence-electron chi connectivity index (χ0n) is 11.9. The highest BCUT2D eigenvalue weighted by atomic mass is 16.4. The summed E-state index contributed by atoms with van der Waals surface area (Å²) in [6.07, 6.45) is 6.77. The van der Waals surface area contributed by atoms with Crippen LogP contribution in [0.3, 0.4) is 0 Å². The normalized spacial score (nSPS) is 18.0. The molecule has 0 radical (unpaired) electrons. The summed E-state index contributed by atoms with van der Waals surface area (Å²) < 4.78 is 0. The Morgan fingerprint density at radius 1 is 1.26 bits per heavy atom. The second-order valence-electron chi connectivity index (χ2n) is 5.75. The van der Waals surface area contributed by atoms with E-state index in [0.29, 0.717) is 25.9 Å². The van der Waals surface area contributed by atoms with E-state index >= 15 is 0 Å². The summed E-state index contributed by atoms with van der Waals surface area (Å²) in [7, 11) is 1.75. The van der Waals surface area contributed by atoms with Crippen molar-refractivity contribution >= 4 is 11.9 Å². The Hall–Kier alpha value is -1.10. The number of aliphatic carboxylic acids is 1. The number of carboxylic acids is 1. The predicted molar refractivity (Wildman–Crippen MR) is 73.7 cm³/mol. The van der Waals surface area contributed by atoms with Gasteiger partial charge >= 0.3 is 5.97 Å². The van der Waals surface area contributed by atoms with Crippen molar-refractivity contribution in [2.24, 2.45) is 11.1 Å². The van der Waals surface area contributed by atoms with Crippen molar-refractivity contribution in [1.82, 2.24) is 4.90 Å². The third-order valence-electron chi connectivity index (χ3n) is 4.18. The summed E-state index contributed by atoms with van der Waals surface area (Å²) in [6.45, 7) is 1.08. The fourth-order valence-corrected chi connectivity index (χ4v) is 2.80. The Kier molecular flexibility index (Phi) is 6.28. The van der Waals surface area contributed by atoms with E-state index in [4.69, 9.17) is 10.8 Å². The van der Waals surface area contributed by atoms with Gasteiger partial charge < -0.3 is 15.7 Å². The van der Waals surface area contributed by atoms with Crippen LogP contribution >= 0.6 is 0 Å². The fourth-order valence-electron chi connectivity index (χ4n) is 2.80. The fraction of sp³-hybridized carbons (Fsp3) is 0.857. The van der Waals surface area contributed by atoms with Crippen molar-refractivity contribution in [2.45, 2.75) is 51.4 Å². The first kappa shape index (κ1) is 16.0. The van der Waals surface area contributed by atoms with Gasteiger partial charge in [0.05, 0.1) is 0 Å². The second-order valence-corrected chi connectivity index (χ2v) is 5.75. The van der Waals surface area contributed by atoms with Crippen LogP contribution in [0.2, 0.25) is 0 Å². The Balaban J connectivity index is 2.41. The molecule has 0 aliphatic heterocycles. The zero-order valence-corrected chi connectivity index (χ0v) is 11.9. The summed E-state index contributed by atoms with van der Waals surface area (Å²) in [5.41, 5.74) is 5.86. The lowest BCUT2D eigenvalue weighted by Gasteiger charge is -2.36. The van der Waals surface area contributed by atoms with Crippen LogP contribution in [-0.2, 0) is 9.59 Å². The molecule has 0 bridgehead atoms. The van der Waals surface area contributed by atoms with Crippen LogP contribution in [0.25, 0.3) is 0 Å². The van der Waals surface area contributed by atoms with Crippen molar-refractivity contribution in [3.05, 3.63) is 0 Å². The van der Waals surface area contributed by atoms with Crippen LogP contribution in [0.1, 0.15) is 51.4 Å². The van der Waals surface area contributed by atoms with Crippen LogP contribution in [0.15, 0.2) is 0 Å². The van der Waals surface area contributed by atoms with Crippen molar-refractivity contribution < 1.29 is 14.7 Å². The number of carbonyl (C=O) groups is 2. The molecule has 0 aromatic rings. The summed E-state index contributed by atoms with van der Waals surface area (Å²) in [4.78, 5) is 24.3.